The van der Waals surface area contributed by atoms with Crippen LogP contribution in [0, 0.1) is 27.7 Å². The predicted octanol–water partition coefficient (Wildman–Crippen LogP) is 5.31. The van der Waals surface area contributed by atoms with E-state index in [9.17, 15) is 0 Å². The van der Waals surface area contributed by atoms with Gasteiger partial charge in [0.25, 0.3) is 0 Å². The van der Waals surface area contributed by atoms with E-state index in [4.69, 9.17) is 21.1 Å². The van der Waals surface area contributed by atoms with Gasteiger partial charge in [0.2, 0.25) is 0 Å². The quantitative estimate of drug-likeness (QED) is 0.691. The number of rotatable bonds is 5. The van der Waals surface area contributed by atoms with Crippen LogP contribution in [0.25, 0.3) is 0 Å². The van der Waals surface area contributed by atoms with Crippen LogP contribution in [0.5, 0.6) is 11.5 Å². The minimum atomic E-state index is 0.161. The van der Waals surface area contributed by atoms with Gasteiger partial charge in [0.1, 0.15) is 11.5 Å². The zero-order valence-electron chi connectivity index (χ0n) is 14.8. The van der Waals surface area contributed by atoms with Gasteiger partial charge in [-0.25, -0.2) is 0 Å². The van der Waals surface area contributed by atoms with Crippen LogP contribution in [0.3, 0.4) is 0 Å². The van der Waals surface area contributed by atoms with Gasteiger partial charge >= 0.3 is 0 Å². The van der Waals surface area contributed by atoms with Gasteiger partial charge in [0.05, 0.1) is 14.2 Å². The van der Waals surface area contributed by atoms with Gasteiger partial charge in [-0.15, -0.1) is 11.6 Å². The molecule has 0 aliphatic carbocycles. The lowest BCUT2D eigenvalue weighted by molar-refractivity contribution is 0.413. The molecule has 0 radical (unpaired) electrons. The maximum absolute atomic E-state index is 6.41. The molecule has 2 rings (SSSR count). The van der Waals surface area contributed by atoms with Gasteiger partial charge in [-0.05, 0) is 85.3 Å². The molecule has 0 spiro atoms. The van der Waals surface area contributed by atoms with E-state index in [2.05, 4.69) is 52.0 Å². The van der Waals surface area contributed by atoms with Crippen molar-refractivity contribution in [1.29, 1.82) is 0 Å². The van der Waals surface area contributed by atoms with Crippen molar-refractivity contribution in [3.8, 4) is 11.5 Å². The first-order valence-corrected chi connectivity index (χ1v) is 8.32. The molecule has 3 heteroatoms. The SMILES string of the molecule is COc1cc(C)c(C(CCl)c2c(C)cc(OC)cc2C)c(C)c1. The van der Waals surface area contributed by atoms with Crippen molar-refractivity contribution in [3.63, 3.8) is 0 Å². The molecule has 0 atom stereocenters. The molecule has 23 heavy (non-hydrogen) atoms. The zero-order chi connectivity index (χ0) is 17.1. The van der Waals surface area contributed by atoms with Gasteiger partial charge in [0.15, 0.2) is 0 Å². The fraction of sp³-hybridized carbons (Fsp3) is 0.400. The highest BCUT2D eigenvalue weighted by Gasteiger charge is 2.22. The van der Waals surface area contributed by atoms with E-state index in [1.54, 1.807) is 14.2 Å². The van der Waals surface area contributed by atoms with Gasteiger partial charge in [-0.1, -0.05) is 0 Å². The Labute approximate surface area is 144 Å². The van der Waals surface area contributed by atoms with Crippen LogP contribution in [-0.4, -0.2) is 20.1 Å². The Hall–Kier alpha value is -1.67. The molecule has 0 fully saturated rings. The van der Waals surface area contributed by atoms with E-state index in [-0.39, 0.29) is 5.92 Å². The Morgan fingerprint density at radius 3 is 1.26 bits per heavy atom. The Morgan fingerprint density at radius 1 is 0.739 bits per heavy atom. The second-order valence-electron chi connectivity index (χ2n) is 6.06. The molecule has 0 unspecified atom stereocenters. The summed E-state index contributed by atoms with van der Waals surface area (Å²) in [6.07, 6.45) is 0. The Morgan fingerprint density at radius 2 is 1.04 bits per heavy atom. The molecule has 0 aliphatic heterocycles. The van der Waals surface area contributed by atoms with Crippen LogP contribution >= 0.6 is 11.6 Å². The van der Waals surface area contributed by atoms with Gasteiger partial charge in [0, 0.05) is 11.8 Å². The molecular formula is C20H25ClO2. The van der Waals surface area contributed by atoms with E-state index in [0.717, 1.165) is 11.5 Å². The molecule has 2 aromatic rings. The van der Waals surface area contributed by atoms with Crippen LogP contribution in [-0.2, 0) is 0 Å². The van der Waals surface area contributed by atoms with Gasteiger partial charge in [-0.3, -0.25) is 0 Å². The van der Waals surface area contributed by atoms with E-state index in [1.165, 1.54) is 33.4 Å². The average molecular weight is 333 g/mol. The monoisotopic (exact) mass is 332 g/mol. The largest absolute Gasteiger partial charge is 0.497 e. The summed E-state index contributed by atoms with van der Waals surface area (Å²) in [5, 5.41) is 0. The third-order valence-corrected chi connectivity index (χ3v) is 4.77. The minimum Gasteiger partial charge on any atom is -0.497 e. The van der Waals surface area contributed by atoms with Crippen LogP contribution in [0.15, 0.2) is 24.3 Å². The van der Waals surface area contributed by atoms with Gasteiger partial charge < -0.3 is 9.47 Å². The van der Waals surface area contributed by atoms with Crippen molar-refractivity contribution in [2.75, 3.05) is 20.1 Å². The summed E-state index contributed by atoms with van der Waals surface area (Å²) in [6, 6.07) is 8.32. The third-order valence-electron chi connectivity index (χ3n) is 4.46. The maximum atomic E-state index is 6.41. The molecule has 0 aromatic heterocycles. The molecule has 124 valence electrons. The summed E-state index contributed by atoms with van der Waals surface area (Å²) in [4.78, 5) is 0. The lowest BCUT2D eigenvalue weighted by Crippen LogP contribution is -2.11. The molecule has 0 saturated carbocycles. The highest BCUT2D eigenvalue weighted by atomic mass is 35.5. The van der Waals surface area contributed by atoms with Gasteiger partial charge in [-0.2, -0.15) is 0 Å². The van der Waals surface area contributed by atoms with Crippen molar-refractivity contribution in [1.82, 2.24) is 0 Å². The molecule has 0 N–H and O–H groups in total. The zero-order valence-corrected chi connectivity index (χ0v) is 15.5. The summed E-state index contributed by atoms with van der Waals surface area (Å²) in [5.74, 6) is 2.48. The van der Waals surface area contributed by atoms with E-state index < -0.39 is 0 Å². The lowest BCUT2D eigenvalue weighted by Gasteiger charge is -2.24. The molecule has 2 aromatic carbocycles. The third kappa shape index (κ3) is 3.48. The van der Waals surface area contributed by atoms with Crippen molar-refractivity contribution < 1.29 is 9.47 Å². The second kappa shape index (κ2) is 7.27. The first-order chi connectivity index (χ1) is 10.9. The summed E-state index contributed by atoms with van der Waals surface area (Å²) >= 11 is 6.41. The number of ether oxygens (including phenoxy) is 2. The van der Waals surface area contributed by atoms with Crippen molar-refractivity contribution in [2.45, 2.75) is 33.6 Å². The first-order valence-electron chi connectivity index (χ1n) is 7.79. The van der Waals surface area contributed by atoms with Crippen LogP contribution in [0.4, 0.5) is 0 Å². The van der Waals surface area contributed by atoms with Crippen molar-refractivity contribution in [2.24, 2.45) is 0 Å². The normalized spacial score (nSPS) is 11.0. The number of halogens is 1. The molecule has 2 nitrogen and oxygen atoms in total. The fourth-order valence-corrected chi connectivity index (χ4v) is 3.81. The minimum absolute atomic E-state index is 0.161. The topological polar surface area (TPSA) is 18.5 Å². The van der Waals surface area contributed by atoms with Crippen LogP contribution in [0.2, 0.25) is 0 Å². The summed E-state index contributed by atoms with van der Waals surface area (Å²) in [7, 11) is 3.40. The first kappa shape index (κ1) is 17.7. The fourth-order valence-electron chi connectivity index (χ4n) is 3.50. The van der Waals surface area contributed by atoms with E-state index in [1.807, 2.05) is 0 Å². The maximum Gasteiger partial charge on any atom is 0.119 e. The predicted molar refractivity (Wildman–Crippen MR) is 97.5 cm³/mol. The highest BCUT2D eigenvalue weighted by molar-refractivity contribution is 6.18. The Balaban J connectivity index is 2.62. The molecule has 0 heterocycles. The van der Waals surface area contributed by atoms with Crippen LogP contribution in [0.1, 0.15) is 39.3 Å². The van der Waals surface area contributed by atoms with Crippen LogP contribution < -0.4 is 9.47 Å². The number of hydrogen-bond donors (Lipinski definition) is 0. The lowest BCUT2D eigenvalue weighted by atomic mass is 9.82. The average Bonchev–Trinajstić information content (AvgIpc) is 2.51. The highest BCUT2D eigenvalue weighted by Crippen LogP contribution is 2.37. The smallest absolute Gasteiger partial charge is 0.119 e. The summed E-state index contributed by atoms with van der Waals surface area (Å²) < 4.78 is 10.8. The number of hydrogen-bond acceptors (Lipinski definition) is 2. The van der Waals surface area contributed by atoms with Crippen molar-refractivity contribution in [3.05, 3.63) is 57.6 Å². The number of aryl methyl sites for hydroxylation is 4. The Bertz CT molecular complexity index is 601. The summed E-state index contributed by atoms with van der Waals surface area (Å²) in [6.45, 7) is 8.49. The summed E-state index contributed by atoms with van der Waals surface area (Å²) in [5.41, 5.74) is 7.42. The molecule has 0 aliphatic rings. The molecule has 0 amide bonds. The standard InChI is InChI=1S/C20H25ClO2/c1-12-7-16(22-5)8-13(2)19(12)18(11-21)20-14(3)9-17(23-6)10-15(20)4/h7-10,18H,11H2,1-6H3. The molecule has 0 saturated heterocycles. The molecule has 0 bridgehead atoms. The number of methoxy groups -OCH3 is 2. The number of alkyl halides is 1. The molecular weight excluding hydrogens is 308 g/mol. The van der Waals surface area contributed by atoms with Crippen molar-refractivity contribution >= 4 is 11.6 Å². The second-order valence-corrected chi connectivity index (χ2v) is 6.37. The number of benzene rings is 2. The Kier molecular flexibility index (Phi) is 5.59. The van der Waals surface area contributed by atoms with E-state index >= 15 is 0 Å². The van der Waals surface area contributed by atoms with E-state index in [0.29, 0.717) is 5.88 Å².